The number of rotatable bonds is 3. The Kier molecular flexibility index (Phi) is 3.85. The monoisotopic (exact) mass is 322 g/mol. The lowest BCUT2D eigenvalue weighted by Gasteiger charge is -2.07. The lowest BCUT2D eigenvalue weighted by atomic mass is 10.2. The van der Waals surface area contributed by atoms with E-state index in [9.17, 15) is 5.11 Å². The summed E-state index contributed by atoms with van der Waals surface area (Å²) in [4.78, 5) is 2.00. The van der Waals surface area contributed by atoms with E-state index in [0.29, 0.717) is 11.4 Å². The highest BCUT2D eigenvalue weighted by Gasteiger charge is 2.14. The molecule has 0 amide bonds. The molecule has 0 fully saturated rings. The molecular weight excluding hydrogens is 316 g/mol. The zero-order valence-corrected chi connectivity index (χ0v) is 11.6. The smallest absolute Gasteiger partial charge is 0.0945 e. The largest absolute Gasteiger partial charge is 0.387 e. The van der Waals surface area contributed by atoms with Crippen LogP contribution in [-0.4, -0.2) is 5.11 Å². The fourth-order valence-corrected chi connectivity index (χ4v) is 3.98. The van der Waals surface area contributed by atoms with Crippen LogP contribution >= 0.6 is 50.2 Å². The van der Waals surface area contributed by atoms with Gasteiger partial charge >= 0.3 is 0 Å². The molecule has 15 heavy (non-hydrogen) atoms. The van der Waals surface area contributed by atoms with Gasteiger partial charge in [0.1, 0.15) is 0 Å². The van der Waals surface area contributed by atoms with Gasteiger partial charge in [0.05, 0.1) is 19.8 Å². The summed E-state index contributed by atoms with van der Waals surface area (Å²) in [6, 6.07) is 5.82. The van der Waals surface area contributed by atoms with Crippen LogP contribution in [0.3, 0.4) is 0 Å². The van der Waals surface area contributed by atoms with Crippen LogP contribution < -0.4 is 0 Å². The van der Waals surface area contributed by atoms with Crippen molar-refractivity contribution in [2.24, 2.45) is 0 Å². The van der Waals surface area contributed by atoms with Gasteiger partial charge in [0.25, 0.3) is 0 Å². The summed E-state index contributed by atoms with van der Waals surface area (Å²) in [5.74, 6) is 0. The van der Waals surface area contributed by atoms with E-state index in [0.717, 1.165) is 13.5 Å². The third-order valence-corrected chi connectivity index (χ3v) is 5.08. The van der Waals surface area contributed by atoms with Gasteiger partial charge in [0.2, 0.25) is 0 Å². The second kappa shape index (κ2) is 4.97. The third kappa shape index (κ3) is 2.82. The van der Waals surface area contributed by atoms with Gasteiger partial charge in [-0.3, -0.25) is 0 Å². The summed E-state index contributed by atoms with van der Waals surface area (Å²) < 4.78 is 1.09. The minimum absolute atomic E-state index is 0.497. The predicted molar refractivity (Wildman–Crippen MR) is 70.0 cm³/mol. The summed E-state index contributed by atoms with van der Waals surface area (Å²) >= 11 is 12.5. The number of halogens is 2. The Labute approximate surface area is 109 Å². The van der Waals surface area contributed by atoms with Crippen LogP contribution in [-0.2, 0) is 6.42 Å². The fraction of sp³-hybridized carbons (Fsp3) is 0.200. The SMILES string of the molecule is OC(Cc1ccc(Br)s1)c1sccc1Cl. The van der Waals surface area contributed by atoms with E-state index in [2.05, 4.69) is 15.9 Å². The third-order valence-electron chi connectivity index (χ3n) is 1.97. The van der Waals surface area contributed by atoms with Crippen molar-refractivity contribution >= 4 is 50.2 Å². The summed E-state index contributed by atoms with van der Waals surface area (Å²) in [7, 11) is 0. The van der Waals surface area contributed by atoms with Crippen molar-refractivity contribution in [1.29, 1.82) is 0 Å². The van der Waals surface area contributed by atoms with Gasteiger partial charge in [-0.05, 0) is 39.5 Å². The molecule has 1 nitrogen and oxygen atoms in total. The summed E-state index contributed by atoms with van der Waals surface area (Å²) in [5, 5.41) is 12.5. The zero-order valence-electron chi connectivity index (χ0n) is 7.61. The Morgan fingerprint density at radius 2 is 2.20 bits per heavy atom. The minimum atomic E-state index is -0.497. The number of thiophene rings is 2. The van der Waals surface area contributed by atoms with Crippen LogP contribution in [0.4, 0.5) is 0 Å². The molecule has 2 rings (SSSR count). The molecule has 1 N–H and O–H groups in total. The maximum Gasteiger partial charge on any atom is 0.0945 e. The van der Waals surface area contributed by atoms with Gasteiger partial charge < -0.3 is 5.11 Å². The Morgan fingerprint density at radius 1 is 1.40 bits per heavy atom. The lowest BCUT2D eigenvalue weighted by molar-refractivity contribution is 0.183. The van der Waals surface area contributed by atoms with Crippen molar-refractivity contribution in [3.05, 3.63) is 42.1 Å². The minimum Gasteiger partial charge on any atom is -0.387 e. The molecule has 0 aromatic carbocycles. The van der Waals surface area contributed by atoms with Crippen LogP contribution in [0.2, 0.25) is 5.02 Å². The molecule has 0 bridgehead atoms. The maximum absolute atomic E-state index is 9.97. The van der Waals surface area contributed by atoms with Crippen LogP contribution in [0.5, 0.6) is 0 Å². The fourth-order valence-electron chi connectivity index (χ4n) is 1.29. The highest BCUT2D eigenvalue weighted by atomic mass is 79.9. The molecule has 2 aromatic heterocycles. The first-order valence-electron chi connectivity index (χ1n) is 4.32. The van der Waals surface area contributed by atoms with E-state index in [1.807, 2.05) is 23.6 Å². The number of hydrogen-bond donors (Lipinski definition) is 1. The molecule has 0 aliphatic heterocycles. The van der Waals surface area contributed by atoms with Crippen LogP contribution in [0, 0.1) is 0 Å². The molecule has 2 aromatic rings. The zero-order chi connectivity index (χ0) is 10.8. The van der Waals surface area contributed by atoms with Gasteiger partial charge in [-0.2, -0.15) is 0 Å². The van der Waals surface area contributed by atoms with Gasteiger partial charge in [0, 0.05) is 11.3 Å². The molecule has 1 unspecified atom stereocenters. The van der Waals surface area contributed by atoms with Crippen molar-refractivity contribution in [1.82, 2.24) is 0 Å². The summed E-state index contributed by atoms with van der Waals surface area (Å²) in [6.07, 6.45) is 0.124. The molecule has 5 heteroatoms. The van der Waals surface area contributed by atoms with Crippen molar-refractivity contribution in [2.45, 2.75) is 12.5 Å². The van der Waals surface area contributed by atoms with Crippen molar-refractivity contribution in [2.75, 3.05) is 0 Å². The van der Waals surface area contributed by atoms with Gasteiger partial charge in [-0.1, -0.05) is 11.6 Å². The molecule has 1 atom stereocenters. The highest BCUT2D eigenvalue weighted by molar-refractivity contribution is 9.11. The van der Waals surface area contributed by atoms with Crippen LogP contribution in [0.15, 0.2) is 27.4 Å². The van der Waals surface area contributed by atoms with E-state index in [1.54, 1.807) is 11.3 Å². The second-order valence-electron chi connectivity index (χ2n) is 3.06. The van der Waals surface area contributed by atoms with E-state index in [-0.39, 0.29) is 0 Å². The van der Waals surface area contributed by atoms with Crippen molar-refractivity contribution < 1.29 is 5.11 Å². The Morgan fingerprint density at radius 3 is 2.73 bits per heavy atom. The molecule has 0 aliphatic rings. The molecule has 80 valence electrons. The van der Waals surface area contributed by atoms with E-state index in [1.165, 1.54) is 11.3 Å². The summed E-state index contributed by atoms with van der Waals surface area (Å²) in [5.41, 5.74) is 0. The first-order valence-corrected chi connectivity index (χ1v) is 7.18. The number of aliphatic hydroxyl groups excluding tert-OH is 1. The molecular formula is C10H8BrClOS2. The lowest BCUT2D eigenvalue weighted by Crippen LogP contribution is -1.98. The maximum atomic E-state index is 9.97. The molecule has 0 saturated heterocycles. The van der Waals surface area contributed by atoms with E-state index >= 15 is 0 Å². The second-order valence-corrected chi connectivity index (χ2v) is 6.96. The number of hydrogen-bond acceptors (Lipinski definition) is 3. The molecule has 0 radical (unpaired) electrons. The molecule has 0 saturated carbocycles. The van der Waals surface area contributed by atoms with Gasteiger partial charge in [-0.15, -0.1) is 22.7 Å². The first kappa shape index (κ1) is 11.6. The van der Waals surface area contributed by atoms with Crippen molar-refractivity contribution in [3.8, 4) is 0 Å². The van der Waals surface area contributed by atoms with Crippen LogP contribution in [0.1, 0.15) is 15.9 Å². The summed E-state index contributed by atoms with van der Waals surface area (Å²) in [6.45, 7) is 0. The topological polar surface area (TPSA) is 20.2 Å². The molecule has 2 heterocycles. The Balaban J connectivity index is 2.10. The predicted octanol–water partition coefficient (Wildman–Crippen LogP) is 4.50. The van der Waals surface area contributed by atoms with Gasteiger partial charge in [-0.25, -0.2) is 0 Å². The standard InChI is InChI=1S/C10H8BrClOS2/c11-9-2-1-6(15-9)5-8(13)10-7(12)3-4-14-10/h1-4,8,13H,5H2. The Bertz CT molecular complexity index is 452. The Hall–Kier alpha value is 0.130. The normalized spacial score (nSPS) is 13.0. The molecule has 0 spiro atoms. The van der Waals surface area contributed by atoms with Crippen molar-refractivity contribution in [3.63, 3.8) is 0 Å². The first-order chi connectivity index (χ1) is 7.16. The van der Waals surface area contributed by atoms with E-state index in [4.69, 9.17) is 11.6 Å². The molecule has 0 aliphatic carbocycles. The van der Waals surface area contributed by atoms with Crippen LogP contribution in [0.25, 0.3) is 0 Å². The van der Waals surface area contributed by atoms with E-state index < -0.39 is 6.10 Å². The average Bonchev–Trinajstić information content (AvgIpc) is 2.75. The quantitative estimate of drug-likeness (QED) is 0.881. The average molecular weight is 324 g/mol. The highest BCUT2D eigenvalue weighted by Crippen LogP contribution is 2.32. The number of aliphatic hydroxyl groups is 1. The van der Waals surface area contributed by atoms with Gasteiger partial charge in [0.15, 0.2) is 0 Å².